The predicted molar refractivity (Wildman–Crippen MR) is 147 cm³/mol. The Morgan fingerprint density at radius 3 is 2.19 bits per heavy atom. The summed E-state index contributed by atoms with van der Waals surface area (Å²) in [6.07, 6.45) is 8.27. The minimum absolute atomic E-state index is 0.0848. The van der Waals surface area contributed by atoms with Crippen molar-refractivity contribution in [1.29, 1.82) is 0 Å². The van der Waals surface area contributed by atoms with Crippen molar-refractivity contribution in [3.05, 3.63) is 0 Å². The minimum atomic E-state index is -3.10. The van der Waals surface area contributed by atoms with Crippen molar-refractivity contribution in [3.63, 3.8) is 0 Å². The summed E-state index contributed by atoms with van der Waals surface area (Å²) in [4.78, 5) is 66.9. The van der Waals surface area contributed by atoms with E-state index in [-0.39, 0.29) is 29.2 Å². The summed E-state index contributed by atoms with van der Waals surface area (Å²) in [5.74, 6) is -6.30. The van der Waals surface area contributed by atoms with E-state index in [0.29, 0.717) is 19.4 Å². The average molecular weight is 595 g/mol. The summed E-state index contributed by atoms with van der Waals surface area (Å²) in [7, 11) is 0. The van der Waals surface area contributed by atoms with Crippen LogP contribution in [0.25, 0.3) is 0 Å². The van der Waals surface area contributed by atoms with Crippen molar-refractivity contribution in [2.75, 3.05) is 6.54 Å². The number of nitrogens with one attached hydrogen (secondary N) is 3. The highest BCUT2D eigenvalue weighted by atomic mass is 19.3. The zero-order valence-electron chi connectivity index (χ0n) is 24.3. The Bertz CT molecular complexity index is 1080. The quantitative estimate of drug-likeness (QED) is 0.270. The highest BCUT2D eigenvalue weighted by Crippen LogP contribution is 2.71. The number of nitrogens with zero attached hydrogens (tertiary/aromatic N) is 1. The van der Waals surface area contributed by atoms with Crippen LogP contribution in [-0.4, -0.2) is 76.2 Å². The zero-order valence-corrected chi connectivity index (χ0v) is 24.3. The third kappa shape index (κ3) is 6.56. The monoisotopic (exact) mass is 594 g/mol. The van der Waals surface area contributed by atoms with Crippen molar-refractivity contribution in [2.45, 2.75) is 127 Å². The van der Waals surface area contributed by atoms with Gasteiger partial charge in [-0.25, -0.2) is 13.6 Å². The van der Waals surface area contributed by atoms with Gasteiger partial charge in [0, 0.05) is 19.0 Å². The zero-order chi connectivity index (χ0) is 30.2. The van der Waals surface area contributed by atoms with Gasteiger partial charge < -0.3 is 26.0 Å². The first-order chi connectivity index (χ1) is 19.9. The molecule has 1 aliphatic heterocycles. The van der Waals surface area contributed by atoms with Crippen LogP contribution in [0.15, 0.2) is 0 Å². The van der Waals surface area contributed by atoms with E-state index < -0.39 is 66.5 Å². The average Bonchev–Trinajstić information content (AvgIpc) is 3.82. The second-order valence-corrected chi connectivity index (χ2v) is 13.5. The molecule has 234 valence electrons. The first-order valence-electron chi connectivity index (χ1n) is 15.7. The van der Waals surface area contributed by atoms with E-state index in [0.717, 1.165) is 71.1 Å². The van der Waals surface area contributed by atoms with E-state index in [9.17, 15) is 37.9 Å². The largest absolute Gasteiger partial charge is 0.465 e. The van der Waals surface area contributed by atoms with E-state index in [1.54, 1.807) is 0 Å². The number of piperidine rings is 1. The number of hydrogen-bond acceptors (Lipinski definition) is 5. The van der Waals surface area contributed by atoms with Crippen LogP contribution >= 0.6 is 0 Å². The number of hydrogen-bond donors (Lipinski definition) is 4. The lowest BCUT2D eigenvalue weighted by Crippen LogP contribution is -2.59. The molecular weight excluding hydrogens is 550 g/mol. The number of rotatable bonds is 11. The number of fused-ring (bicyclic) bond motifs is 3. The van der Waals surface area contributed by atoms with E-state index in [1.165, 1.54) is 4.90 Å². The summed E-state index contributed by atoms with van der Waals surface area (Å²) < 4.78 is 27.6. The Morgan fingerprint density at radius 1 is 0.952 bits per heavy atom. The number of halogens is 2. The van der Waals surface area contributed by atoms with Gasteiger partial charge >= 0.3 is 6.09 Å². The Hall–Kier alpha value is -2.79. The molecule has 0 unspecified atom stereocenters. The fraction of sp³-hybridized carbons (Fsp3) is 0.833. The molecule has 0 aromatic rings. The molecule has 42 heavy (non-hydrogen) atoms. The van der Waals surface area contributed by atoms with Gasteiger partial charge in [-0.2, -0.15) is 0 Å². The SMILES string of the molecule is CC(F)(F)CC[C@H](NC(=O)[C@@H]1[C@@H]2[C@H](CN1C(=O)[C@@H](NC(=O)O)C1CCCCC1)C21CCCCC1)C(=O)C(=O)NC1CC1. The standard InChI is InChI=1S/C30H44F2N4O6/c1-29(31,32)15-12-20(24(37)26(39)33-18-10-11-18)34-25(38)23-21-19(30(21)13-6-3-7-14-30)16-36(23)27(40)22(35-28(41)42)17-8-4-2-5-9-17/h17-23,35H,2-16H2,1H3,(H,33,39)(H,34,38)(H,41,42)/t19-,20-,21-,22-,23-/m0/s1. The Balaban J connectivity index is 1.38. The van der Waals surface area contributed by atoms with Crippen molar-refractivity contribution in [3.8, 4) is 0 Å². The molecule has 0 aromatic heterocycles. The maximum Gasteiger partial charge on any atom is 0.405 e. The van der Waals surface area contributed by atoms with Crippen LogP contribution in [0.5, 0.6) is 0 Å². The first-order valence-corrected chi connectivity index (χ1v) is 15.7. The van der Waals surface area contributed by atoms with Crippen LogP contribution < -0.4 is 16.0 Å². The molecule has 5 atom stereocenters. The van der Waals surface area contributed by atoms with Crippen LogP contribution in [0.1, 0.15) is 96.8 Å². The van der Waals surface area contributed by atoms with Gasteiger partial charge in [-0.3, -0.25) is 19.2 Å². The number of ketones is 1. The van der Waals surface area contributed by atoms with Gasteiger partial charge in [-0.05, 0) is 75.0 Å². The van der Waals surface area contributed by atoms with Crippen LogP contribution in [0, 0.1) is 23.2 Å². The smallest absolute Gasteiger partial charge is 0.405 e. The molecule has 4 saturated carbocycles. The molecule has 4 amide bonds. The number of carbonyl (C=O) groups excluding carboxylic acids is 4. The molecule has 4 N–H and O–H groups in total. The minimum Gasteiger partial charge on any atom is -0.465 e. The van der Waals surface area contributed by atoms with Crippen LogP contribution in [0.4, 0.5) is 13.6 Å². The van der Waals surface area contributed by atoms with Gasteiger partial charge in [0.2, 0.25) is 23.5 Å². The number of carboxylic acid groups (broad SMARTS) is 1. The molecule has 4 aliphatic carbocycles. The highest BCUT2D eigenvalue weighted by Gasteiger charge is 2.73. The number of Topliss-reactive ketones (excluding diaryl/α,β-unsaturated/α-hetero) is 1. The Labute approximate surface area is 245 Å². The number of amides is 4. The fourth-order valence-corrected chi connectivity index (χ4v) is 8.13. The van der Waals surface area contributed by atoms with Gasteiger partial charge in [0.1, 0.15) is 12.1 Å². The molecule has 0 aromatic carbocycles. The second kappa shape index (κ2) is 12.1. The summed E-state index contributed by atoms with van der Waals surface area (Å²) in [5, 5.41) is 17.2. The van der Waals surface area contributed by atoms with E-state index >= 15 is 0 Å². The maximum absolute atomic E-state index is 14.0. The number of alkyl halides is 2. The topological polar surface area (TPSA) is 145 Å². The molecule has 1 spiro atoms. The maximum atomic E-state index is 14.0. The van der Waals surface area contributed by atoms with Gasteiger partial charge in [0.05, 0.1) is 6.04 Å². The Kier molecular flexibility index (Phi) is 8.81. The van der Waals surface area contributed by atoms with E-state index in [4.69, 9.17) is 0 Å². The van der Waals surface area contributed by atoms with Crippen molar-refractivity contribution in [1.82, 2.24) is 20.9 Å². The summed E-state index contributed by atoms with van der Waals surface area (Å²) in [6, 6.07) is -3.51. The van der Waals surface area contributed by atoms with E-state index in [1.807, 2.05) is 0 Å². The first kappa shape index (κ1) is 30.7. The molecule has 10 nitrogen and oxygen atoms in total. The molecule has 0 radical (unpaired) electrons. The third-order valence-corrected chi connectivity index (χ3v) is 10.4. The summed E-state index contributed by atoms with van der Waals surface area (Å²) in [5.41, 5.74) is -0.0864. The van der Waals surface area contributed by atoms with Crippen LogP contribution in [0.2, 0.25) is 0 Å². The van der Waals surface area contributed by atoms with Crippen molar-refractivity contribution >= 4 is 29.6 Å². The Morgan fingerprint density at radius 2 is 1.60 bits per heavy atom. The van der Waals surface area contributed by atoms with Crippen molar-refractivity contribution < 1.29 is 37.9 Å². The van der Waals surface area contributed by atoms with Gasteiger partial charge in [-0.1, -0.05) is 38.5 Å². The van der Waals surface area contributed by atoms with Gasteiger partial charge in [0.25, 0.3) is 5.91 Å². The summed E-state index contributed by atoms with van der Waals surface area (Å²) in [6.45, 7) is 1.04. The molecule has 0 bridgehead atoms. The van der Waals surface area contributed by atoms with Crippen LogP contribution in [0.3, 0.4) is 0 Å². The normalized spacial score (nSPS) is 28.4. The number of likely N-dealkylation sites (tertiary alicyclic amines) is 1. The lowest BCUT2D eigenvalue weighted by Gasteiger charge is -2.38. The number of carbonyl (C=O) groups is 5. The highest BCUT2D eigenvalue weighted by molar-refractivity contribution is 6.38. The van der Waals surface area contributed by atoms with Gasteiger partial charge in [0.15, 0.2) is 0 Å². The van der Waals surface area contributed by atoms with E-state index in [2.05, 4.69) is 16.0 Å². The lowest BCUT2D eigenvalue weighted by atomic mass is 9.80. The molecule has 5 fully saturated rings. The fourth-order valence-electron chi connectivity index (χ4n) is 8.13. The molecule has 1 saturated heterocycles. The molecule has 12 heteroatoms. The third-order valence-electron chi connectivity index (χ3n) is 10.4. The van der Waals surface area contributed by atoms with Crippen LogP contribution in [-0.2, 0) is 19.2 Å². The van der Waals surface area contributed by atoms with Crippen molar-refractivity contribution in [2.24, 2.45) is 23.2 Å². The lowest BCUT2D eigenvalue weighted by molar-refractivity contribution is -0.145. The molecule has 1 heterocycles. The molecule has 5 rings (SSSR count). The molecular formula is C30H44F2N4O6. The van der Waals surface area contributed by atoms with Gasteiger partial charge in [-0.15, -0.1) is 0 Å². The molecule has 5 aliphatic rings. The predicted octanol–water partition coefficient (Wildman–Crippen LogP) is 3.38. The second-order valence-electron chi connectivity index (χ2n) is 13.5. The summed E-state index contributed by atoms with van der Waals surface area (Å²) >= 11 is 0.